The van der Waals surface area contributed by atoms with Crippen LogP contribution in [0.5, 0.6) is 40.2 Å². The molecule has 8 nitrogen and oxygen atoms in total. The molecule has 2 aliphatic heterocycles. The average Bonchev–Trinajstić information content (AvgIpc) is 3.10. The highest BCUT2D eigenvalue weighted by atomic mass is 16.5. The van der Waals surface area contributed by atoms with E-state index in [2.05, 4.69) is 84.8 Å². The molecule has 2 atom stereocenters. The first-order valence-corrected chi connectivity index (χ1v) is 15.6. The van der Waals surface area contributed by atoms with Crippen LogP contribution in [0.25, 0.3) is 12.2 Å². The van der Waals surface area contributed by atoms with Crippen LogP contribution >= 0.6 is 0 Å². The lowest BCUT2D eigenvalue weighted by atomic mass is 9.91. The van der Waals surface area contributed by atoms with Crippen LogP contribution in [0.3, 0.4) is 0 Å². The van der Waals surface area contributed by atoms with Crippen molar-refractivity contribution in [2.24, 2.45) is 0 Å². The van der Waals surface area contributed by atoms with Crippen LogP contribution in [-0.4, -0.2) is 59.4 Å². The van der Waals surface area contributed by atoms with Gasteiger partial charge in [-0.25, -0.2) is 0 Å². The maximum Gasteiger partial charge on any atom is 0.169 e. The van der Waals surface area contributed by atoms with Gasteiger partial charge in [-0.1, -0.05) is 18.2 Å². The van der Waals surface area contributed by atoms with Gasteiger partial charge in [0.1, 0.15) is 5.75 Å². The Morgan fingerprint density at radius 3 is 1.43 bits per heavy atom. The van der Waals surface area contributed by atoms with Crippen molar-refractivity contribution in [1.82, 2.24) is 9.80 Å². The standard InChI is InChI=1S/C39H42N2O6/c1-40-16-14-27-21-35(43-4)37(45-6)23-30(27)32(40)18-25-8-11-29(12-9-25)47-39-20-26(10-13-34(39)42-3)19-33-31-24-38(46-7)36(44-5)22-28(31)15-17-41(33)2/h8-17,20-24,32-33H,18-19H2,1-7H3. The molecule has 0 aliphatic carbocycles. The van der Waals surface area contributed by atoms with Crippen molar-refractivity contribution in [3.8, 4) is 40.2 Å². The fraction of sp³-hybridized carbons (Fsp3) is 0.282. The summed E-state index contributed by atoms with van der Waals surface area (Å²) in [5.41, 5.74) is 6.97. The molecule has 47 heavy (non-hydrogen) atoms. The van der Waals surface area contributed by atoms with E-state index in [-0.39, 0.29) is 12.1 Å². The second-order valence-corrected chi connectivity index (χ2v) is 11.8. The van der Waals surface area contributed by atoms with Crippen LogP contribution in [0.15, 0.2) is 79.1 Å². The number of hydrogen-bond donors (Lipinski definition) is 0. The number of hydrogen-bond acceptors (Lipinski definition) is 8. The molecule has 0 aromatic heterocycles. The van der Waals surface area contributed by atoms with E-state index >= 15 is 0 Å². The van der Waals surface area contributed by atoms with E-state index in [4.69, 9.17) is 28.4 Å². The Morgan fingerprint density at radius 1 is 0.489 bits per heavy atom. The molecule has 8 heteroatoms. The normalized spacial score (nSPS) is 16.3. The van der Waals surface area contributed by atoms with Crippen molar-refractivity contribution < 1.29 is 28.4 Å². The smallest absolute Gasteiger partial charge is 0.169 e. The summed E-state index contributed by atoms with van der Waals surface area (Å²) in [6.07, 6.45) is 10.0. The number of fused-ring (bicyclic) bond motifs is 2. The van der Waals surface area contributed by atoms with E-state index < -0.39 is 0 Å². The third kappa shape index (κ3) is 6.41. The molecule has 6 rings (SSSR count). The maximum atomic E-state index is 6.43. The first-order valence-electron chi connectivity index (χ1n) is 15.6. The molecule has 0 spiro atoms. The van der Waals surface area contributed by atoms with Gasteiger partial charge in [-0.15, -0.1) is 0 Å². The van der Waals surface area contributed by atoms with E-state index in [0.29, 0.717) is 11.5 Å². The second kappa shape index (κ2) is 13.6. The highest BCUT2D eigenvalue weighted by Gasteiger charge is 2.26. The predicted molar refractivity (Wildman–Crippen MR) is 185 cm³/mol. The summed E-state index contributed by atoms with van der Waals surface area (Å²) in [6.45, 7) is 0. The molecular weight excluding hydrogens is 592 g/mol. The van der Waals surface area contributed by atoms with Crippen molar-refractivity contribution in [1.29, 1.82) is 0 Å². The fourth-order valence-electron chi connectivity index (χ4n) is 6.43. The van der Waals surface area contributed by atoms with Gasteiger partial charge in [0.05, 0.1) is 47.6 Å². The number of ether oxygens (including phenoxy) is 6. The Hall–Kier alpha value is -5.24. The van der Waals surface area contributed by atoms with Crippen molar-refractivity contribution in [3.05, 3.63) is 113 Å². The van der Waals surface area contributed by atoms with Gasteiger partial charge in [0.25, 0.3) is 0 Å². The molecular formula is C39H42N2O6. The summed E-state index contributed by atoms with van der Waals surface area (Å²) >= 11 is 0. The zero-order chi connectivity index (χ0) is 33.1. The quantitative estimate of drug-likeness (QED) is 0.165. The van der Waals surface area contributed by atoms with Crippen LogP contribution in [0, 0.1) is 0 Å². The summed E-state index contributed by atoms with van der Waals surface area (Å²) in [6, 6.07) is 22.9. The zero-order valence-corrected chi connectivity index (χ0v) is 28.1. The average molecular weight is 635 g/mol. The number of likely N-dealkylation sites (N-methyl/N-ethyl adjacent to an activating group) is 2. The number of nitrogens with zero attached hydrogens (tertiary/aromatic N) is 2. The number of rotatable bonds is 11. The van der Waals surface area contributed by atoms with Crippen LogP contribution in [0.2, 0.25) is 0 Å². The van der Waals surface area contributed by atoms with E-state index in [1.165, 1.54) is 16.7 Å². The van der Waals surface area contributed by atoms with Gasteiger partial charge in [0.2, 0.25) is 0 Å². The molecule has 244 valence electrons. The van der Waals surface area contributed by atoms with Crippen molar-refractivity contribution >= 4 is 12.2 Å². The molecule has 2 aliphatic rings. The molecule has 0 N–H and O–H groups in total. The molecule has 2 heterocycles. The first-order chi connectivity index (χ1) is 22.8. The largest absolute Gasteiger partial charge is 0.493 e. The lowest BCUT2D eigenvalue weighted by molar-refractivity contribution is 0.324. The van der Waals surface area contributed by atoms with E-state index in [9.17, 15) is 0 Å². The van der Waals surface area contributed by atoms with Gasteiger partial charge in [-0.2, -0.15) is 0 Å². The fourth-order valence-corrected chi connectivity index (χ4v) is 6.43. The first kappa shape index (κ1) is 31.7. The van der Waals surface area contributed by atoms with Crippen LogP contribution in [0.4, 0.5) is 0 Å². The van der Waals surface area contributed by atoms with E-state index in [0.717, 1.165) is 58.3 Å². The van der Waals surface area contributed by atoms with Crippen molar-refractivity contribution in [2.75, 3.05) is 49.6 Å². The third-order valence-electron chi connectivity index (χ3n) is 9.10. The molecule has 0 amide bonds. The number of methoxy groups -OCH3 is 5. The van der Waals surface area contributed by atoms with Gasteiger partial charge in [0, 0.05) is 14.1 Å². The lowest BCUT2D eigenvalue weighted by Gasteiger charge is -2.33. The molecule has 0 fully saturated rings. The van der Waals surface area contributed by atoms with E-state index in [1.54, 1.807) is 35.5 Å². The minimum atomic E-state index is 0.106. The highest BCUT2D eigenvalue weighted by Crippen LogP contribution is 2.42. The summed E-state index contributed by atoms with van der Waals surface area (Å²) < 4.78 is 34.4. The molecule has 4 aromatic rings. The maximum absolute atomic E-state index is 6.43. The molecule has 4 aromatic carbocycles. The molecule has 0 saturated heterocycles. The Bertz CT molecular complexity index is 1800. The molecule has 2 unspecified atom stereocenters. The van der Waals surface area contributed by atoms with Gasteiger partial charge < -0.3 is 38.2 Å². The highest BCUT2D eigenvalue weighted by molar-refractivity contribution is 5.64. The van der Waals surface area contributed by atoms with E-state index in [1.807, 2.05) is 30.3 Å². The molecule has 0 saturated carbocycles. The monoisotopic (exact) mass is 634 g/mol. The SMILES string of the molecule is COc1cc2c(cc1OC)C(Cc1ccc(Oc3cc(CC4c5cc(OC)c(OC)cc5C=CN4C)ccc3OC)cc1)N(C)C=C2. The molecule has 0 radical (unpaired) electrons. The van der Waals surface area contributed by atoms with Gasteiger partial charge >= 0.3 is 0 Å². The Kier molecular flexibility index (Phi) is 9.20. The van der Waals surface area contributed by atoms with Crippen LogP contribution < -0.4 is 28.4 Å². The molecule has 0 bridgehead atoms. The summed E-state index contributed by atoms with van der Waals surface area (Å²) in [5.74, 6) is 5.00. The Balaban J connectivity index is 1.20. The Labute approximate surface area is 277 Å². The predicted octanol–water partition coefficient (Wildman–Crippen LogP) is 7.92. The van der Waals surface area contributed by atoms with Crippen LogP contribution in [0.1, 0.15) is 45.5 Å². The second-order valence-electron chi connectivity index (χ2n) is 11.8. The van der Waals surface area contributed by atoms with Gasteiger partial charge in [-0.3, -0.25) is 0 Å². The van der Waals surface area contributed by atoms with Gasteiger partial charge in [0.15, 0.2) is 34.5 Å². The summed E-state index contributed by atoms with van der Waals surface area (Å²) in [4.78, 5) is 4.46. The minimum Gasteiger partial charge on any atom is -0.493 e. The lowest BCUT2D eigenvalue weighted by Crippen LogP contribution is -2.24. The van der Waals surface area contributed by atoms with Crippen molar-refractivity contribution in [3.63, 3.8) is 0 Å². The minimum absolute atomic E-state index is 0.106. The van der Waals surface area contributed by atoms with Gasteiger partial charge in [-0.05, 0) is 119 Å². The number of benzene rings is 4. The zero-order valence-electron chi connectivity index (χ0n) is 28.1. The summed E-state index contributed by atoms with van der Waals surface area (Å²) in [7, 11) is 12.5. The Morgan fingerprint density at radius 2 is 0.936 bits per heavy atom. The topological polar surface area (TPSA) is 61.9 Å². The van der Waals surface area contributed by atoms with Crippen molar-refractivity contribution in [2.45, 2.75) is 24.9 Å². The summed E-state index contributed by atoms with van der Waals surface area (Å²) in [5, 5.41) is 0. The van der Waals surface area contributed by atoms with Crippen LogP contribution in [-0.2, 0) is 12.8 Å². The third-order valence-corrected chi connectivity index (χ3v) is 9.10.